The number of para-hydroxylation sites is 1. The summed E-state index contributed by atoms with van der Waals surface area (Å²) >= 11 is 2.43. The van der Waals surface area contributed by atoms with Crippen molar-refractivity contribution in [3.63, 3.8) is 0 Å². The third kappa shape index (κ3) is 4.02. The number of hydrogen-bond donors (Lipinski definition) is 1. The van der Waals surface area contributed by atoms with Crippen molar-refractivity contribution in [2.24, 2.45) is 4.99 Å². The Morgan fingerprint density at radius 1 is 1.14 bits per heavy atom. The molecule has 0 spiro atoms. The quantitative estimate of drug-likeness (QED) is 0.370. The Morgan fingerprint density at radius 2 is 1.93 bits per heavy atom. The minimum Gasteiger partial charge on any atom is -0.858 e. The molecule has 2 heterocycles. The number of benzene rings is 2. The molecule has 0 unspecified atom stereocenters. The molecular formula is C20H16N3O3S3-. The summed E-state index contributed by atoms with van der Waals surface area (Å²) in [6.45, 7) is 3.97. The maximum absolute atomic E-state index is 12.8. The molecule has 4 rings (SSSR count). The van der Waals surface area contributed by atoms with Crippen molar-refractivity contribution >= 4 is 59.6 Å². The van der Waals surface area contributed by atoms with Crippen LogP contribution in [0.1, 0.15) is 16.7 Å². The molecule has 0 aliphatic carbocycles. The Balaban J connectivity index is 1.71. The van der Waals surface area contributed by atoms with E-state index in [0.717, 1.165) is 32.7 Å². The number of thiazole rings is 1. The minimum atomic E-state index is -3.77. The summed E-state index contributed by atoms with van der Waals surface area (Å²) in [7, 11) is -3.77. The standard InChI is InChI=1S/C20H17N3O3S3/c1-12-10-13(2)18-16(11-12)28-20(21-18)22-19(24)14-6-3-4-7-15(14)23-29(25,26)17-8-5-9-27-17/h3-11,23H,1-2H3,(H,21,22,24)/p-1. The third-order valence-corrected chi connectivity index (χ3v) is 7.84. The van der Waals surface area contributed by atoms with Gasteiger partial charge < -0.3 is 5.11 Å². The van der Waals surface area contributed by atoms with Gasteiger partial charge in [-0.25, -0.2) is 18.4 Å². The summed E-state index contributed by atoms with van der Waals surface area (Å²) in [5.41, 5.74) is 3.31. The van der Waals surface area contributed by atoms with E-state index in [1.165, 1.54) is 17.4 Å². The van der Waals surface area contributed by atoms with Crippen molar-refractivity contribution in [2.75, 3.05) is 4.72 Å². The van der Waals surface area contributed by atoms with Crippen LogP contribution in [-0.4, -0.2) is 19.3 Å². The Kier molecular flexibility index (Phi) is 5.12. The first-order valence-corrected chi connectivity index (χ1v) is 11.8. The van der Waals surface area contributed by atoms with Crippen molar-refractivity contribution in [3.05, 3.63) is 70.6 Å². The topological polar surface area (TPSA) is 94.5 Å². The van der Waals surface area contributed by atoms with Gasteiger partial charge in [0.2, 0.25) is 5.13 Å². The highest BCUT2D eigenvalue weighted by atomic mass is 32.2. The Labute approximate surface area is 176 Å². The summed E-state index contributed by atoms with van der Waals surface area (Å²) < 4.78 is 28.7. The molecule has 1 N–H and O–H groups in total. The number of sulfonamides is 1. The van der Waals surface area contributed by atoms with Crippen molar-refractivity contribution < 1.29 is 13.5 Å². The third-order valence-electron chi connectivity index (χ3n) is 4.18. The molecule has 148 valence electrons. The van der Waals surface area contributed by atoms with Crippen molar-refractivity contribution in [2.45, 2.75) is 18.1 Å². The summed E-state index contributed by atoms with van der Waals surface area (Å²) in [6, 6.07) is 13.6. The lowest BCUT2D eigenvalue weighted by Crippen LogP contribution is -2.22. The molecule has 0 radical (unpaired) electrons. The Bertz CT molecular complexity index is 1320. The van der Waals surface area contributed by atoms with E-state index in [0.29, 0.717) is 5.13 Å². The van der Waals surface area contributed by atoms with Crippen molar-refractivity contribution in [1.82, 2.24) is 4.98 Å². The van der Waals surface area contributed by atoms with E-state index in [2.05, 4.69) is 14.7 Å². The van der Waals surface area contributed by atoms with Gasteiger partial charge in [-0.1, -0.05) is 41.7 Å². The van der Waals surface area contributed by atoms with Gasteiger partial charge in [-0.05, 0) is 54.5 Å². The van der Waals surface area contributed by atoms with Crippen LogP contribution < -0.4 is 9.83 Å². The lowest BCUT2D eigenvalue weighted by molar-refractivity contribution is -0.212. The van der Waals surface area contributed by atoms with Crippen LogP contribution in [0.4, 0.5) is 10.8 Å². The maximum atomic E-state index is 12.8. The van der Waals surface area contributed by atoms with Crippen molar-refractivity contribution in [3.8, 4) is 0 Å². The highest BCUT2D eigenvalue weighted by Crippen LogP contribution is 2.31. The molecule has 0 aliphatic rings. The fourth-order valence-electron chi connectivity index (χ4n) is 2.92. The Morgan fingerprint density at radius 3 is 2.69 bits per heavy atom. The van der Waals surface area contributed by atoms with Gasteiger partial charge in [0.1, 0.15) is 4.21 Å². The summed E-state index contributed by atoms with van der Waals surface area (Å²) in [6.07, 6.45) is 0. The molecule has 0 saturated carbocycles. The van der Waals surface area contributed by atoms with Gasteiger partial charge in [0.15, 0.2) is 0 Å². The second-order valence-corrected chi connectivity index (χ2v) is 10.3. The summed E-state index contributed by atoms with van der Waals surface area (Å²) in [4.78, 5) is 8.58. The van der Waals surface area contributed by atoms with Crippen LogP contribution in [0, 0.1) is 13.8 Å². The molecule has 0 bridgehead atoms. The fourth-order valence-corrected chi connectivity index (χ4v) is 6.01. The highest BCUT2D eigenvalue weighted by molar-refractivity contribution is 7.94. The van der Waals surface area contributed by atoms with Crippen LogP contribution in [0.5, 0.6) is 0 Å². The zero-order valence-electron chi connectivity index (χ0n) is 15.5. The van der Waals surface area contributed by atoms with Gasteiger partial charge in [-0.3, -0.25) is 4.72 Å². The van der Waals surface area contributed by atoms with Crippen LogP contribution in [0.3, 0.4) is 0 Å². The monoisotopic (exact) mass is 442 g/mol. The van der Waals surface area contributed by atoms with E-state index in [1.54, 1.807) is 35.7 Å². The van der Waals surface area contributed by atoms with E-state index in [1.807, 2.05) is 26.0 Å². The van der Waals surface area contributed by atoms with Gasteiger partial charge in [0.05, 0.1) is 15.9 Å². The van der Waals surface area contributed by atoms with Crippen LogP contribution in [0.2, 0.25) is 0 Å². The molecule has 2 aromatic carbocycles. The zero-order chi connectivity index (χ0) is 20.6. The van der Waals surface area contributed by atoms with Crippen LogP contribution in [0.15, 0.2) is 63.1 Å². The molecule has 0 fully saturated rings. The van der Waals surface area contributed by atoms with Crippen LogP contribution in [-0.2, 0) is 10.0 Å². The predicted molar refractivity (Wildman–Crippen MR) is 117 cm³/mol. The van der Waals surface area contributed by atoms with E-state index in [-0.39, 0.29) is 15.5 Å². The first kappa shape index (κ1) is 19.6. The average Bonchev–Trinajstić information content (AvgIpc) is 3.32. The number of fused-ring (bicyclic) bond motifs is 1. The van der Waals surface area contributed by atoms with Crippen LogP contribution >= 0.6 is 22.7 Å². The number of aryl methyl sites for hydroxylation is 2. The number of nitrogens with zero attached hydrogens (tertiary/aromatic N) is 2. The molecule has 0 atom stereocenters. The molecule has 0 amide bonds. The second kappa shape index (κ2) is 7.58. The van der Waals surface area contributed by atoms with E-state index in [9.17, 15) is 13.5 Å². The molecular weight excluding hydrogens is 426 g/mol. The molecule has 29 heavy (non-hydrogen) atoms. The number of thiophene rings is 1. The van der Waals surface area contributed by atoms with Crippen LogP contribution in [0.25, 0.3) is 10.2 Å². The maximum Gasteiger partial charge on any atom is 0.271 e. The molecule has 0 saturated heterocycles. The normalized spacial score (nSPS) is 12.4. The molecule has 4 aromatic rings. The fraction of sp³-hybridized carbons (Fsp3) is 0.100. The lowest BCUT2D eigenvalue weighted by atomic mass is 10.1. The molecule has 2 aromatic heterocycles. The second-order valence-electron chi connectivity index (χ2n) is 6.43. The van der Waals surface area contributed by atoms with E-state index < -0.39 is 15.9 Å². The zero-order valence-corrected chi connectivity index (χ0v) is 18.0. The number of aromatic nitrogens is 1. The SMILES string of the molecule is Cc1cc(C)c2nc(N=C([O-])c3ccccc3NS(=O)(=O)c3cccs3)sc2c1. The highest BCUT2D eigenvalue weighted by Gasteiger charge is 2.17. The Hall–Kier alpha value is -2.75. The van der Waals surface area contributed by atoms with Gasteiger partial charge in [-0.15, -0.1) is 11.3 Å². The number of hydrogen-bond acceptors (Lipinski definition) is 7. The van der Waals surface area contributed by atoms with Gasteiger partial charge in [0.25, 0.3) is 10.0 Å². The number of aliphatic imine (C=N–C) groups is 1. The molecule has 6 nitrogen and oxygen atoms in total. The van der Waals surface area contributed by atoms with E-state index in [4.69, 9.17) is 0 Å². The first-order valence-electron chi connectivity index (χ1n) is 8.63. The molecule has 9 heteroatoms. The molecule has 0 aliphatic heterocycles. The largest absolute Gasteiger partial charge is 0.858 e. The average molecular weight is 443 g/mol. The van der Waals surface area contributed by atoms with Crippen molar-refractivity contribution in [1.29, 1.82) is 0 Å². The minimum absolute atomic E-state index is 0.166. The van der Waals surface area contributed by atoms with E-state index >= 15 is 0 Å². The number of rotatable bonds is 5. The predicted octanol–water partition coefficient (Wildman–Crippen LogP) is 4.21. The van der Waals surface area contributed by atoms with Gasteiger partial charge in [-0.2, -0.15) is 0 Å². The smallest absolute Gasteiger partial charge is 0.271 e. The van der Waals surface area contributed by atoms with Gasteiger partial charge >= 0.3 is 0 Å². The summed E-state index contributed by atoms with van der Waals surface area (Å²) in [5, 5.41) is 14.8. The summed E-state index contributed by atoms with van der Waals surface area (Å²) in [5.74, 6) is -0.553. The number of nitrogens with one attached hydrogen (secondary N) is 1. The first-order chi connectivity index (χ1) is 13.8. The number of anilines is 1. The lowest BCUT2D eigenvalue weighted by Gasteiger charge is -2.16. The van der Waals surface area contributed by atoms with Gasteiger partial charge in [0, 0.05) is 5.56 Å².